The van der Waals surface area contributed by atoms with E-state index in [0.29, 0.717) is 29.1 Å². The van der Waals surface area contributed by atoms with Crippen molar-refractivity contribution in [2.24, 2.45) is 11.8 Å². The van der Waals surface area contributed by atoms with Crippen molar-refractivity contribution in [3.8, 4) is 0 Å². The molecule has 0 spiro atoms. The molecule has 0 aliphatic heterocycles. The molecule has 3 atom stereocenters. The number of carbonyl (C=O) groups is 2. The van der Waals surface area contributed by atoms with Crippen molar-refractivity contribution in [2.75, 3.05) is 25.0 Å². The number of hydrogen-bond acceptors (Lipinski definition) is 3. The van der Waals surface area contributed by atoms with Crippen LogP contribution in [0.2, 0.25) is 5.02 Å². The predicted molar refractivity (Wildman–Crippen MR) is 111 cm³/mol. The number of carbonyl (C=O) groups excluding carboxylic acids is 2. The second-order valence-corrected chi connectivity index (χ2v) is 8.19. The Balaban J connectivity index is 1.86. The molecule has 0 aromatic heterocycles. The summed E-state index contributed by atoms with van der Waals surface area (Å²) in [5.74, 6) is 0.981. The lowest BCUT2D eigenvalue weighted by Gasteiger charge is -2.35. The number of anilines is 1. The molecule has 0 unspecified atom stereocenters. The van der Waals surface area contributed by atoms with Crippen molar-refractivity contribution < 1.29 is 9.59 Å². The van der Waals surface area contributed by atoms with Crippen LogP contribution >= 0.6 is 11.6 Å². The summed E-state index contributed by atoms with van der Waals surface area (Å²) in [6.07, 6.45) is 3.44. The van der Waals surface area contributed by atoms with Gasteiger partial charge in [-0.1, -0.05) is 51.3 Å². The Morgan fingerprint density at radius 2 is 1.89 bits per heavy atom. The van der Waals surface area contributed by atoms with E-state index in [1.54, 1.807) is 12.1 Å². The lowest BCUT2D eigenvalue weighted by molar-refractivity contribution is -0.124. The third-order valence-electron chi connectivity index (χ3n) is 5.71. The van der Waals surface area contributed by atoms with Gasteiger partial charge >= 0.3 is 0 Å². The number of benzene rings is 1. The fraction of sp³-hybridized carbons (Fsp3) is 0.619. The van der Waals surface area contributed by atoms with E-state index in [0.717, 1.165) is 18.4 Å². The lowest BCUT2D eigenvalue weighted by atomic mass is 9.78. The second kappa shape index (κ2) is 10.1. The highest BCUT2D eigenvalue weighted by atomic mass is 35.5. The van der Waals surface area contributed by atoms with Crippen LogP contribution in [0.25, 0.3) is 0 Å². The number of likely N-dealkylation sites (N-methyl/N-ethyl adjacent to an activating group) is 1. The summed E-state index contributed by atoms with van der Waals surface area (Å²) in [5, 5.41) is 6.64. The van der Waals surface area contributed by atoms with Crippen LogP contribution in [0.1, 0.15) is 45.6 Å². The molecule has 0 heterocycles. The largest absolute Gasteiger partial charge is 0.352 e. The topological polar surface area (TPSA) is 61.4 Å². The second-order valence-electron chi connectivity index (χ2n) is 7.75. The van der Waals surface area contributed by atoms with Crippen molar-refractivity contribution in [2.45, 2.75) is 53.0 Å². The maximum atomic E-state index is 12.5. The molecule has 27 heavy (non-hydrogen) atoms. The van der Waals surface area contributed by atoms with Crippen LogP contribution < -0.4 is 10.6 Å². The van der Waals surface area contributed by atoms with Crippen LogP contribution in [0.3, 0.4) is 0 Å². The monoisotopic (exact) mass is 393 g/mol. The van der Waals surface area contributed by atoms with Crippen molar-refractivity contribution in [3.05, 3.63) is 28.8 Å². The molecule has 2 N–H and O–H groups in total. The molecule has 0 radical (unpaired) electrons. The van der Waals surface area contributed by atoms with Gasteiger partial charge < -0.3 is 10.6 Å². The highest BCUT2D eigenvalue weighted by Crippen LogP contribution is 2.29. The van der Waals surface area contributed by atoms with Gasteiger partial charge in [-0.25, -0.2) is 0 Å². The summed E-state index contributed by atoms with van der Waals surface area (Å²) in [6.45, 7) is 9.38. The molecule has 2 rings (SSSR count). The third kappa shape index (κ3) is 6.51. The maximum absolute atomic E-state index is 12.5. The number of aryl methyl sites for hydroxylation is 1. The zero-order valence-corrected chi connectivity index (χ0v) is 17.6. The Labute approximate surface area is 167 Å². The molecule has 1 aliphatic carbocycles. The Kier molecular flexibility index (Phi) is 8.11. The Bertz CT molecular complexity index is 665. The van der Waals surface area contributed by atoms with Crippen molar-refractivity contribution in [3.63, 3.8) is 0 Å². The normalized spacial score (nSPS) is 22.5. The fourth-order valence-corrected chi connectivity index (χ4v) is 3.81. The van der Waals surface area contributed by atoms with Gasteiger partial charge in [-0.05, 0) is 49.4 Å². The van der Waals surface area contributed by atoms with E-state index in [1.807, 2.05) is 24.8 Å². The molecule has 1 aromatic rings. The molecule has 2 amide bonds. The fourth-order valence-electron chi connectivity index (χ4n) is 3.64. The van der Waals surface area contributed by atoms with E-state index in [1.165, 1.54) is 6.42 Å². The third-order valence-corrected chi connectivity index (χ3v) is 5.94. The van der Waals surface area contributed by atoms with Crippen LogP contribution in [-0.4, -0.2) is 42.4 Å². The molecule has 5 nitrogen and oxygen atoms in total. The first-order valence-electron chi connectivity index (χ1n) is 9.87. The number of nitrogens with one attached hydrogen (secondary N) is 2. The lowest BCUT2D eigenvalue weighted by Crippen LogP contribution is -2.48. The van der Waals surface area contributed by atoms with E-state index in [4.69, 9.17) is 11.6 Å². The van der Waals surface area contributed by atoms with Gasteiger partial charge in [-0.3, -0.25) is 14.5 Å². The van der Waals surface area contributed by atoms with Crippen LogP contribution in [0.4, 0.5) is 5.69 Å². The van der Waals surface area contributed by atoms with Gasteiger partial charge in [0, 0.05) is 16.8 Å². The number of hydrogen-bond donors (Lipinski definition) is 2. The Morgan fingerprint density at radius 1 is 1.19 bits per heavy atom. The van der Waals surface area contributed by atoms with E-state index in [9.17, 15) is 9.59 Å². The first-order valence-corrected chi connectivity index (χ1v) is 10.3. The Hall–Kier alpha value is -1.59. The summed E-state index contributed by atoms with van der Waals surface area (Å²) in [6, 6.07) is 5.64. The highest BCUT2D eigenvalue weighted by molar-refractivity contribution is 6.31. The molecular weight excluding hydrogens is 362 g/mol. The zero-order chi connectivity index (χ0) is 20.0. The summed E-state index contributed by atoms with van der Waals surface area (Å²) in [7, 11) is 0. The summed E-state index contributed by atoms with van der Waals surface area (Å²) in [5.41, 5.74) is 1.66. The number of amides is 2. The van der Waals surface area contributed by atoms with E-state index in [2.05, 4.69) is 24.5 Å². The zero-order valence-electron chi connectivity index (χ0n) is 16.8. The Morgan fingerprint density at radius 3 is 2.59 bits per heavy atom. The average Bonchev–Trinajstić information content (AvgIpc) is 2.61. The van der Waals surface area contributed by atoms with Crippen LogP contribution in [0.5, 0.6) is 0 Å². The molecule has 6 heteroatoms. The van der Waals surface area contributed by atoms with Crippen LogP contribution in [0, 0.1) is 18.8 Å². The summed E-state index contributed by atoms with van der Waals surface area (Å²) >= 11 is 6.00. The van der Waals surface area contributed by atoms with Crippen LogP contribution in [-0.2, 0) is 9.59 Å². The van der Waals surface area contributed by atoms with E-state index < -0.39 is 0 Å². The van der Waals surface area contributed by atoms with Gasteiger partial charge in [0.15, 0.2) is 0 Å². The van der Waals surface area contributed by atoms with Gasteiger partial charge in [0.05, 0.1) is 13.1 Å². The molecule has 0 saturated heterocycles. The predicted octanol–water partition coefficient (Wildman–Crippen LogP) is 3.85. The minimum absolute atomic E-state index is 0.00506. The van der Waals surface area contributed by atoms with E-state index >= 15 is 0 Å². The highest BCUT2D eigenvalue weighted by Gasteiger charge is 2.28. The molecule has 0 bridgehead atoms. The SMILES string of the molecule is CCN(CC(=O)Nc1cc(Cl)ccc1C)CC(=O)N[C@H]1CCC[C@H](C)[C@@H]1C. The average molecular weight is 394 g/mol. The molecule has 1 aromatic carbocycles. The molecule has 1 saturated carbocycles. The maximum Gasteiger partial charge on any atom is 0.238 e. The molecule has 150 valence electrons. The van der Waals surface area contributed by atoms with Crippen molar-refractivity contribution >= 4 is 29.1 Å². The first-order chi connectivity index (χ1) is 12.8. The molecule has 1 fully saturated rings. The quantitative estimate of drug-likeness (QED) is 0.739. The summed E-state index contributed by atoms with van der Waals surface area (Å²) in [4.78, 5) is 26.7. The first kappa shape index (κ1) is 21.7. The number of rotatable bonds is 7. The minimum Gasteiger partial charge on any atom is -0.352 e. The number of halogens is 1. The summed E-state index contributed by atoms with van der Waals surface area (Å²) < 4.78 is 0. The van der Waals surface area contributed by atoms with Crippen molar-refractivity contribution in [1.29, 1.82) is 0 Å². The van der Waals surface area contributed by atoms with Crippen LogP contribution in [0.15, 0.2) is 18.2 Å². The van der Waals surface area contributed by atoms with Gasteiger partial charge in [0.25, 0.3) is 0 Å². The molecular formula is C21H32ClN3O2. The van der Waals surface area contributed by atoms with Gasteiger partial charge in [0.2, 0.25) is 11.8 Å². The number of nitrogens with zero attached hydrogens (tertiary/aromatic N) is 1. The minimum atomic E-state index is -0.144. The van der Waals surface area contributed by atoms with Gasteiger partial charge in [0.1, 0.15) is 0 Å². The van der Waals surface area contributed by atoms with Gasteiger partial charge in [-0.15, -0.1) is 0 Å². The van der Waals surface area contributed by atoms with E-state index in [-0.39, 0.29) is 30.9 Å². The van der Waals surface area contributed by atoms with Crippen molar-refractivity contribution in [1.82, 2.24) is 10.2 Å². The molecule has 1 aliphatic rings. The van der Waals surface area contributed by atoms with Gasteiger partial charge in [-0.2, -0.15) is 0 Å². The standard InChI is InChI=1S/C21H32ClN3O2/c1-5-25(12-20(26)23-18-8-6-7-14(2)16(18)4)13-21(27)24-19-11-17(22)10-9-15(19)3/h9-11,14,16,18H,5-8,12-13H2,1-4H3,(H,23,26)(H,24,27)/t14-,16-,18-/m0/s1. The smallest absolute Gasteiger partial charge is 0.238 e.